The normalized spacial score (nSPS) is 13.1. The first kappa shape index (κ1) is 35.2. The van der Waals surface area contributed by atoms with E-state index in [2.05, 4.69) is 240 Å². The Balaban J connectivity index is 0.991. The monoisotopic (exact) mass is 814 g/mol. The van der Waals surface area contributed by atoms with Crippen molar-refractivity contribution in [2.45, 2.75) is 5.41 Å². The van der Waals surface area contributed by atoms with Crippen molar-refractivity contribution in [1.82, 2.24) is 4.57 Å². The molecule has 2 heterocycles. The lowest BCUT2D eigenvalue weighted by Crippen LogP contribution is -2.26. The molecular formula is C61H38N2O. The lowest BCUT2D eigenvalue weighted by Gasteiger charge is -2.32. The van der Waals surface area contributed by atoms with Gasteiger partial charge in [-0.1, -0.05) is 164 Å². The molecule has 0 bridgehead atoms. The van der Waals surface area contributed by atoms with Gasteiger partial charge in [-0.25, -0.2) is 0 Å². The van der Waals surface area contributed by atoms with E-state index < -0.39 is 5.41 Å². The molecule has 10 aromatic carbocycles. The predicted molar refractivity (Wildman–Crippen MR) is 264 cm³/mol. The second kappa shape index (κ2) is 13.3. The van der Waals surface area contributed by atoms with Crippen LogP contribution in [-0.4, -0.2) is 4.57 Å². The van der Waals surface area contributed by atoms with Crippen molar-refractivity contribution in [3.8, 4) is 39.1 Å². The van der Waals surface area contributed by atoms with Crippen LogP contribution < -0.4 is 4.90 Å². The molecule has 2 aliphatic carbocycles. The highest BCUT2D eigenvalue weighted by Gasteiger charge is 2.51. The number of rotatable bonds is 5. The standard InChI is InChI=1S/C61H38N2O/c1-2-15-39(16-3-1)40-29-31-41(32-30-40)62(42-33-35-47-46-19-6-11-24-53(46)61(54(47)37-42)51-22-9-4-17-44(51)45-18-5-10-23-52(45)61)43-34-36-50-59(38-43)64-58-28-14-27-57(60(50)58)63-55-25-12-7-20-48(55)49-21-8-13-26-56(49)63/h1-38H. The Kier molecular flexibility index (Phi) is 7.32. The van der Waals surface area contributed by atoms with Gasteiger partial charge in [0.2, 0.25) is 0 Å². The molecule has 2 aliphatic rings. The van der Waals surface area contributed by atoms with Crippen LogP contribution in [0.2, 0.25) is 0 Å². The Bertz CT molecular complexity index is 3740. The first-order valence-corrected chi connectivity index (χ1v) is 22.1. The number of benzene rings is 10. The molecule has 12 aromatic rings. The summed E-state index contributed by atoms with van der Waals surface area (Å²) in [6.45, 7) is 0. The summed E-state index contributed by atoms with van der Waals surface area (Å²) in [5.74, 6) is 0. The molecule has 0 saturated heterocycles. The summed E-state index contributed by atoms with van der Waals surface area (Å²) in [6.07, 6.45) is 0. The van der Waals surface area contributed by atoms with Gasteiger partial charge in [0, 0.05) is 39.3 Å². The Morgan fingerprint density at radius 1 is 0.344 bits per heavy atom. The quantitative estimate of drug-likeness (QED) is 0.173. The van der Waals surface area contributed by atoms with E-state index in [1.54, 1.807) is 0 Å². The van der Waals surface area contributed by atoms with E-state index in [1.165, 1.54) is 77.4 Å². The second-order valence-corrected chi connectivity index (χ2v) is 17.2. The summed E-state index contributed by atoms with van der Waals surface area (Å²) in [5.41, 5.74) is 20.7. The van der Waals surface area contributed by atoms with E-state index in [1.807, 2.05) is 0 Å². The smallest absolute Gasteiger partial charge is 0.137 e. The topological polar surface area (TPSA) is 21.3 Å². The summed E-state index contributed by atoms with van der Waals surface area (Å²) >= 11 is 0. The van der Waals surface area contributed by atoms with Crippen LogP contribution >= 0.6 is 0 Å². The van der Waals surface area contributed by atoms with Crippen LogP contribution in [0.1, 0.15) is 22.3 Å². The number of hydrogen-bond donors (Lipinski definition) is 0. The molecule has 3 heteroatoms. The van der Waals surface area contributed by atoms with Gasteiger partial charge in [-0.3, -0.25) is 0 Å². The maximum atomic E-state index is 6.89. The molecule has 1 spiro atoms. The van der Waals surface area contributed by atoms with E-state index >= 15 is 0 Å². The average Bonchev–Trinajstić information content (AvgIpc) is 4.08. The first-order valence-electron chi connectivity index (χ1n) is 22.1. The molecule has 14 rings (SSSR count). The van der Waals surface area contributed by atoms with E-state index in [0.717, 1.165) is 44.7 Å². The lowest BCUT2D eigenvalue weighted by atomic mass is 9.70. The fourth-order valence-electron chi connectivity index (χ4n) is 11.4. The average molecular weight is 815 g/mol. The zero-order chi connectivity index (χ0) is 41.9. The molecule has 298 valence electrons. The summed E-state index contributed by atoms with van der Waals surface area (Å²) in [4.78, 5) is 2.40. The minimum absolute atomic E-state index is 0.455. The SMILES string of the molecule is c1ccc(-c2ccc(N(c3ccc4c(c3)C3(c5ccccc5-c5ccccc53)c3ccccc3-4)c3ccc4c(c3)oc3cccc(-n5c6ccccc6c6ccccc65)c34)cc2)cc1. The predicted octanol–water partition coefficient (Wildman–Crippen LogP) is 16.2. The van der Waals surface area contributed by atoms with E-state index in [4.69, 9.17) is 4.42 Å². The number of fused-ring (bicyclic) bond motifs is 16. The summed E-state index contributed by atoms with van der Waals surface area (Å²) < 4.78 is 9.28. The van der Waals surface area contributed by atoms with E-state index in [9.17, 15) is 0 Å². The van der Waals surface area contributed by atoms with Crippen LogP contribution in [0.25, 0.3) is 82.8 Å². The molecule has 0 atom stereocenters. The number of furan rings is 1. The summed E-state index contributed by atoms with van der Waals surface area (Å²) in [7, 11) is 0. The molecule has 0 unspecified atom stereocenters. The zero-order valence-electron chi connectivity index (χ0n) is 34.7. The van der Waals surface area contributed by atoms with Gasteiger partial charge in [-0.15, -0.1) is 0 Å². The summed E-state index contributed by atoms with van der Waals surface area (Å²) in [5, 5.41) is 4.66. The third-order valence-corrected chi connectivity index (χ3v) is 14.0. The fourth-order valence-corrected chi connectivity index (χ4v) is 11.4. The molecule has 0 N–H and O–H groups in total. The Hall–Kier alpha value is -8.40. The van der Waals surface area contributed by atoms with Crippen molar-refractivity contribution in [1.29, 1.82) is 0 Å². The van der Waals surface area contributed by atoms with Crippen molar-refractivity contribution < 1.29 is 4.42 Å². The number of anilines is 3. The maximum absolute atomic E-state index is 6.89. The number of para-hydroxylation sites is 2. The van der Waals surface area contributed by atoms with Crippen LogP contribution in [0.5, 0.6) is 0 Å². The van der Waals surface area contributed by atoms with Crippen molar-refractivity contribution in [3.05, 3.63) is 253 Å². The highest BCUT2D eigenvalue weighted by molar-refractivity contribution is 6.15. The minimum Gasteiger partial charge on any atom is -0.456 e. The molecule has 2 aromatic heterocycles. The third kappa shape index (κ3) is 4.76. The molecule has 0 radical (unpaired) electrons. The minimum atomic E-state index is -0.455. The Morgan fingerprint density at radius 2 is 0.859 bits per heavy atom. The molecule has 0 aliphatic heterocycles. The van der Waals surface area contributed by atoms with Crippen molar-refractivity contribution in [2.24, 2.45) is 0 Å². The van der Waals surface area contributed by atoms with Crippen LogP contribution in [-0.2, 0) is 5.41 Å². The Labute approximate surface area is 370 Å². The van der Waals surface area contributed by atoms with Crippen molar-refractivity contribution in [3.63, 3.8) is 0 Å². The molecule has 0 saturated carbocycles. The molecule has 64 heavy (non-hydrogen) atoms. The highest BCUT2D eigenvalue weighted by Crippen LogP contribution is 2.63. The van der Waals surface area contributed by atoms with Gasteiger partial charge in [-0.05, 0) is 116 Å². The van der Waals surface area contributed by atoms with Crippen molar-refractivity contribution in [2.75, 3.05) is 4.90 Å². The summed E-state index contributed by atoms with van der Waals surface area (Å²) in [6, 6.07) is 84.3. The lowest BCUT2D eigenvalue weighted by molar-refractivity contribution is 0.669. The van der Waals surface area contributed by atoms with Crippen molar-refractivity contribution >= 4 is 60.8 Å². The highest BCUT2D eigenvalue weighted by atomic mass is 16.3. The van der Waals surface area contributed by atoms with Crippen LogP contribution in [0, 0.1) is 0 Å². The van der Waals surface area contributed by atoms with E-state index in [-0.39, 0.29) is 0 Å². The van der Waals surface area contributed by atoms with Gasteiger partial charge in [0.15, 0.2) is 0 Å². The number of aromatic nitrogens is 1. The zero-order valence-corrected chi connectivity index (χ0v) is 34.7. The van der Waals surface area contributed by atoms with Gasteiger partial charge in [0.05, 0.1) is 27.5 Å². The largest absolute Gasteiger partial charge is 0.456 e. The van der Waals surface area contributed by atoms with Crippen LogP contribution in [0.4, 0.5) is 17.1 Å². The van der Waals surface area contributed by atoms with Crippen LogP contribution in [0.3, 0.4) is 0 Å². The van der Waals surface area contributed by atoms with Gasteiger partial charge in [-0.2, -0.15) is 0 Å². The Morgan fingerprint density at radius 3 is 1.52 bits per heavy atom. The van der Waals surface area contributed by atoms with E-state index in [0.29, 0.717) is 0 Å². The molecule has 0 amide bonds. The maximum Gasteiger partial charge on any atom is 0.137 e. The van der Waals surface area contributed by atoms with Gasteiger partial charge in [0.25, 0.3) is 0 Å². The number of hydrogen-bond acceptors (Lipinski definition) is 2. The number of nitrogens with zero attached hydrogens (tertiary/aromatic N) is 2. The van der Waals surface area contributed by atoms with Crippen LogP contribution in [0.15, 0.2) is 235 Å². The van der Waals surface area contributed by atoms with Gasteiger partial charge >= 0.3 is 0 Å². The third-order valence-electron chi connectivity index (χ3n) is 14.0. The first-order chi connectivity index (χ1) is 31.8. The van der Waals surface area contributed by atoms with Gasteiger partial charge in [0.1, 0.15) is 11.2 Å². The molecule has 0 fully saturated rings. The molecular weight excluding hydrogens is 777 g/mol. The molecule has 3 nitrogen and oxygen atoms in total. The fraction of sp³-hybridized carbons (Fsp3) is 0.0164. The second-order valence-electron chi connectivity index (χ2n) is 17.2. The van der Waals surface area contributed by atoms with Gasteiger partial charge < -0.3 is 13.9 Å².